The highest BCUT2D eigenvalue weighted by Crippen LogP contribution is 2.18. The molecule has 2 aliphatic rings. The highest BCUT2D eigenvalue weighted by molar-refractivity contribution is 5.97. The summed E-state index contributed by atoms with van der Waals surface area (Å²) in [7, 11) is 0. The molecule has 0 bridgehead atoms. The van der Waals surface area contributed by atoms with E-state index in [1.807, 2.05) is 11.8 Å². The number of rotatable bonds is 5. The van der Waals surface area contributed by atoms with Gasteiger partial charge in [0.1, 0.15) is 0 Å². The van der Waals surface area contributed by atoms with Crippen LogP contribution in [0.4, 0.5) is 4.79 Å². The number of carbonyl (C=O) groups is 3. The second-order valence-electron chi connectivity index (χ2n) is 7.13. The molecule has 142 valence electrons. The number of urea groups is 1. The number of aryl methyl sites for hydroxylation is 1. The maximum absolute atomic E-state index is 12.2. The van der Waals surface area contributed by atoms with Crippen LogP contribution >= 0.6 is 0 Å². The van der Waals surface area contributed by atoms with Gasteiger partial charge in [0.05, 0.1) is 12.3 Å². The first kappa shape index (κ1) is 18.4. The third-order valence-electron chi connectivity index (χ3n) is 5.01. The molecule has 0 radical (unpaired) electrons. The Kier molecular flexibility index (Phi) is 5.61. The van der Waals surface area contributed by atoms with E-state index >= 15 is 0 Å². The van der Waals surface area contributed by atoms with Gasteiger partial charge in [0.15, 0.2) is 5.76 Å². The summed E-state index contributed by atoms with van der Waals surface area (Å²) < 4.78 is 5.21. The minimum Gasteiger partial charge on any atom is -0.459 e. The summed E-state index contributed by atoms with van der Waals surface area (Å²) in [4.78, 5) is 38.1. The lowest BCUT2D eigenvalue weighted by Gasteiger charge is -2.35. The van der Waals surface area contributed by atoms with Gasteiger partial charge in [0.2, 0.25) is 5.91 Å². The van der Waals surface area contributed by atoms with Crippen molar-refractivity contribution in [1.29, 1.82) is 0 Å². The molecule has 26 heavy (non-hydrogen) atoms. The maximum atomic E-state index is 12.2. The van der Waals surface area contributed by atoms with Gasteiger partial charge in [-0.1, -0.05) is 0 Å². The summed E-state index contributed by atoms with van der Waals surface area (Å²) in [5.41, 5.74) is 0.815. The van der Waals surface area contributed by atoms with E-state index in [-0.39, 0.29) is 29.9 Å². The third kappa shape index (κ3) is 4.63. The molecule has 1 atom stereocenters. The zero-order valence-electron chi connectivity index (χ0n) is 15.2. The van der Waals surface area contributed by atoms with Crippen molar-refractivity contribution < 1.29 is 18.8 Å². The van der Waals surface area contributed by atoms with Crippen LogP contribution in [-0.2, 0) is 4.79 Å². The van der Waals surface area contributed by atoms with Crippen molar-refractivity contribution in [2.75, 3.05) is 13.1 Å². The molecule has 8 nitrogen and oxygen atoms in total. The van der Waals surface area contributed by atoms with Crippen LogP contribution in [0.25, 0.3) is 0 Å². The molecule has 1 aromatic rings. The van der Waals surface area contributed by atoms with Gasteiger partial charge in [-0.25, -0.2) is 4.79 Å². The van der Waals surface area contributed by atoms with Crippen molar-refractivity contribution in [1.82, 2.24) is 20.9 Å². The molecular formula is C18H26N4O4. The van der Waals surface area contributed by atoms with E-state index in [9.17, 15) is 14.4 Å². The fourth-order valence-corrected chi connectivity index (χ4v) is 3.12. The van der Waals surface area contributed by atoms with Crippen LogP contribution in [0, 0.1) is 6.92 Å². The lowest BCUT2D eigenvalue weighted by Crippen LogP contribution is -2.53. The zero-order valence-corrected chi connectivity index (χ0v) is 15.2. The summed E-state index contributed by atoms with van der Waals surface area (Å²) >= 11 is 0. The summed E-state index contributed by atoms with van der Waals surface area (Å²) in [5.74, 6) is -0.146. The Morgan fingerprint density at radius 1 is 1.12 bits per heavy atom. The second-order valence-corrected chi connectivity index (χ2v) is 7.13. The molecular weight excluding hydrogens is 336 g/mol. The molecule has 2 fully saturated rings. The Morgan fingerprint density at radius 3 is 2.35 bits per heavy atom. The number of imide groups is 1. The van der Waals surface area contributed by atoms with Crippen LogP contribution in [0.5, 0.6) is 0 Å². The van der Waals surface area contributed by atoms with Crippen LogP contribution in [0.2, 0.25) is 0 Å². The highest BCUT2D eigenvalue weighted by atomic mass is 16.3. The fraction of sp³-hybridized carbons (Fsp3) is 0.611. The van der Waals surface area contributed by atoms with E-state index in [0.29, 0.717) is 18.8 Å². The number of carbonyl (C=O) groups excluding carboxylic acids is 3. The first-order chi connectivity index (χ1) is 12.4. The predicted octanol–water partition coefficient (Wildman–Crippen LogP) is 1.16. The Labute approximate surface area is 152 Å². The molecule has 1 saturated heterocycles. The summed E-state index contributed by atoms with van der Waals surface area (Å²) in [6.45, 7) is 4.99. The summed E-state index contributed by atoms with van der Waals surface area (Å²) in [6, 6.07) is 1.23. The van der Waals surface area contributed by atoms with Gasteiger partial charge in [0, 0.05) is 30.7 Å². The highest BCUT2D eigenvalue weighted by Gasteiger charge is 2.30. The Hall–Kier alpha value is -2.35. The normalized spacial score (nSPS) is 19.6. The van der Waals surface area contributed by atoms with E-state index in [4.69, 9.17) is 4.42 Å². The molecule has 3 rings (SSSR count). The van der Waals surface area contributed by atoms with Gasteiger partial charge in [-0.15, -0.1) is 0 Å². The molecule has 8 heteroatoms. The zero-order chi connectivity index (χ0) is 18.7. The van der Waals surface area contributed by atoms with Gasteiger partial charge >= 0.3 is 6.03 Å². The van der Waals surface area contributed by atoms with Crippen LogP contribution in [0.3, 0.4) is 0 Å². The van der Waals surface area contributed by atoms with Crippen molar-refractivity contribution in [3.8, 4) is 0 Å². The number of furan rings is 1. The number of amides is 4. The van der Waals surface area contributed by atoms with Crippen molar-refractivity contribution in [2.45, 2.75) is 57.7 Å². The molecule has 2 heterocycles. The molecule has 1 unspecified atom stereocenters. The molecule has 4 amide bonds. The first-order valence-corrected chi connectivity index (χ1v) is 9.14. The van der Waals surface area contributed by atoms with Crippen molar-refractivity contribution >= 4 is 17.8 Å². The minimum atomic E-state index is -0.416. The fourth-order valence-electron chi connectivity index (χ4n) is 3.12. The average molecular weight is 362 g/mol. The monoisotopic (exact) mass is 362 g/mol. The van der Waals surface area contributed by atoms with Crippen LogP contribution in [0.15, 0.2) is 16.7 Å². The topological polar surface area (TPSA) is 104 Å². The lowest BCUT2D eigenvalue weighted by molar-refractivity contribution is -0.125. The second kappa shape index (κ2) is 7.90. The van der Waals surface area contributed by atoms with Gasteiger partial charge in [0.25, 0.3) is 5.91 Å². The Balaban J connectivity index is 1.42. The molecule has 3 N–H and O–H groups in total. The smallest absolute Gasteiger partial charge is 0.321 e. The largest absolute Gasteiger partial charge is 0.459 e. The third-order valence-corrected chi connectivity index (χ3v) is 5.01. The molecule has 1 aliphatic carbocycles. The minimum absolute atomic E-state index is 0.0525. The average Bonchev–Trinajstić information content (AvgIpc) is 3.31. The van der Waals surface area contributed by atoms with Crippen LogP contribution in [0.1, 0.15) is 48.7 Å². The number of piperidine rings is 1. The van der Waals surface area contributed by atoms with Gasteiger partial charge in [-0.3, -0.25) is 19.8 Å². The molecule has 1 aromatic heterocycles. The first-order valence-electron chi connectivity index (χ1n) is 9.14. The van der Waals surface area contributed by atoms with Gasteiger partial charge < -0.3 is 15.1 Å². The molecule has 0 aromatic carbocycles. The molecule has 0 spiro atoms. The van der Waals surface area contributed by atoms with Crippen LogP contribution < -0.4 is 16.0 Å². The van der Waals surface area contributed by atoms with Gasteiger partial charge in [-0.05, 0) is 45.6 Å². The lowest BCUT2D eigenvalue weighted by atomic mass is 10.0. The summed E-state index contributed by atoms with van der Waals surface area (Å²) in [5, 5.41) is 8.13. The molecule has 1 saturated carbocycles. The number of nitrogens with one attached hydrogen (secondary N) is 3. The number of hydrogen-bond acceptors (Lipinski definition) is 5. The number of nitrogens with zero attached hydrogens (tertiary/aromatic N) is 1. The van der Waals surface area contributed by atoms with Crippen molar-refractivity contribution in [2.24, 2.45) is 0 Å². The Morgan fingerprint density at radius 2 is 1.77 bits per heavy atom. The Bertz CT molecular complexity index is 674. The van der Waals surface area contributed by atoms with Crippen molar-refractivity contribution in [3.63, 3.8) is 0 Å². The van der Waals surface area contributed by atoms with E-state index in [1.165, 1.54) is 6.26 Å². The van der Waals surface area contributed by atoms with Gasteiger partial charge in [-0.2, -0.15) is 0 Å². The van der Waals surface area contributed by atoms with E-state index < -0.39 is 6.03 Å². The SMILES string of the molecule is Cc1ccoc1C(=O)NC1CCN(C(C)C(=O)NC(=O)NC2CC2)CC1. The number of likely N-dealkylation sites (tertiary alicyclic amines) is 1. The van der Waals surface area contributed by atoms with Crippen LogP contribution in [-0.4, -0.2) is 54.0 Å². The number of hydrogen-bond donors (Lipinski definition) is 3. The predicted molar refractivity (Wildman–Crippen MR) is 94.7 cm³/mol. The summed E-state index contributed by atoms with van der Waals surface area (Å²) in [6.07, 6.45) is 4.96. The van der Waals surface area contributed by atoms with E-state index in [1.54, 1.807) is 13.0 Å². The maximum Gasteiger partial charge on any atom is 0.321 e. The van der Waals surface area contributed by atoms with E-state index in [2.05, 4.69) is 16.0 Å². The standard InChI is InChI=1S/C18H26N4O4/c1-11-7-10-26-15(11)17(24)19-14-5-8-22(9-6-14)12(2)16(23)21-18(25)20-13-3-4-13/h7,10,12-14H,3-6,8-9H2,1-2H3,(H,19,24)(H2,20,21,23,25). The molecule has 1 aliphatic heterocycles. The van der Waals surface area contributed by atoms with Crippen molar-refractivity contribution in [3.05, 3.63) is 23.7 Å². The van der Waals surface area contributed by atoms with E-state index in [0.717, 1.165) is 31.2 Å². The quantitative estimate of drug-likeness (QED) is 0.729.